The lowest BCUT2D eigenvalue weighted by atomic mass is 9.99. The Morgan fingerprint density at radius 1 is 1.35 bits per heavy atom. The lowest BCUT2D eigenvalue weighted by Crippen LogP contribution is -2.39. The molecule has 3 heterocycles. The molecule has 1 atom stereocenters. The number of nitrogens with one attached hydrogen (secondary N) is 1. The first-order valence-electron chi connectivity index (χ1n) is 9.47. The number of carbonyl (C=O) groups excluding carboxylic acids is 1. The molecule has 7 heteroatoms. The highest BCUT2D eigenvalue weighted by Crippen LogP contribution is 2.22. The summed E-state index contributed by atoms with van der Waals surface area (Å²) in [5.74, 6) is -0.166. The van der Waals surface area contributed by atoms with Crippen LogP contribution >= 0.6 is 0 Å². The molecule has 0 aliphatic carbocycles. The van der Waals surface area contributed by atoms with Gasteiger partial charge >= 0.3 is 0 Å². The quantitative estimate of drug-likeness (QED) is 0.823. The predicted octanol–water partition coefficient (Wildman–Crippen LogP) is 2.26. The van der Waals surface area contributed by atoms with Crippen LogP contribution in [0.3, 0.4) is 0 Å². The van der Waals surface area contributed by atoms with E-state index in [0.29, 0.717) is 11.7 Å². The van der Waals surface area contributed by atoms with E-state index in [1.165, 1.54) is 19.3 Å². The van der Waals surface area contributed by atoms with E-state index in [1.807, 2.05) is 32.2 Å². The van der Waals surface area contributed by atoms with E-state index >= 15 is 0 Å². The third-order valence-corrected chi connectivity index (χ3v) is 4.72. The van der Waals surface area contributed by atoms with Gasteiger partial charge in [0.05, 0.1) is 11.9 Å². The van der Waals surface area contributed by atoms with Crippen LogP contribution in [0.25, 0.3) is 0 Å². The third kappa shape index (κ3) is 5.11. The second-order valence-electron chi connectivity index (χ2n) is 7.22. The highest BCUT2D eigenvalue weighted by molar-refractivity contribution is 5.91. The number of carbonyl (C=O) groups is 1. The van der Waals surface area contributed by atoms with Gasteiger partial charge in [0.2, 0.25) is 0 Å². The maximum atomic E-state index is 12.0. The molecular formula is C19H28N6O. The smallest absolute Gasteiger partial charge is 0.273 e. The number of amides is 1. The van der Waals surface area contributed by atoms with Gasteiger partial charge < -0.3 is 5.32 Å². The first kappa shape index (κ1) is 18.5. The largest absolute Gasteiger partial charge is 0.348 e. The standard InChI is InChI=1S/C19H28N6O/c1-15(2)21-19(26)18-14-25(23-22-18)12-9-17-8-4-6-11-24(17)13-16-7-3-5-10-20-16/h3,5,7,10,14-15,17H,4,6,8-9,11-13H2,1-2H3,(H,21,26). The van der Waals surface area contributed by atoms with Crippen LogP contribution in [0, 0.1) is 0 Å². The molecule has 1 saturated heterocycles. The molecule has 3 rings (SSSR count). The molecule has 1 aliphatic rings. The fraction of sp³-hybridized carbons (Fsp3) is 0.579. The minimum Gasteiger partial charge on any atom is -0.348 e. The maximum absolute atomic E-state index is 12.0. The van der Waals surface area contributed by atoms with E-state index in [2.05, 4.69) is 31.6 Å². The molecule has 2 aromatic heterocycles. The van der Waals surface area contributed by atoms with Crippen molar-refractivity contribution in [1.29, 1.82) is 0 Å². The molecule has 0 aromatic carbocycles. The Labute approximate surface area is 154 Å². The molecule has 2 aromatic rings. The van der Waals surface area contributed by atoms with Crippen LogP contribution in [0.1, 0.15) is 55.7 Å². The average molecular weight is 356 g/mol. The van der Waals surface area contributed by atoms with Crippen LogP contribution in [0.5, 0.6) is 0 Å². The van der Waals surface area contributed by atoms with Crippen molar-refractivity contribution < 1.29 is 4.79 Å². The van der Waals surface area contributed by atoms with Crippen molar-refractivity contribution >= 4 is 5.91 Å². The number of pyridine rings is 1. The summed E-state index contributed by atoms with van der Waals surface area (Å²) in [5, 5.41) is 11.0. The molecule has 0 radical (unpaired) electrons. The van der Waals surface area contributed by atoms with Gasteiger partial charge in [-0.05, 0) is 51.8 Å². The number of hydrogen-bond donors (Lipinski definition) is 1. The lowest BCUT2D eigenvalue weighted by Gasteiger charge is -2.35. The Kier molecular flexibility index (Phi) is 6.33. The molecule has 1 aliphatic heterocycles. The highest BCUT2D eigenvalue weighted by atomic mass is 16.2. The maximum Gasteiger partial charge on any atom is 0.273 e. The van der Waals surface area contributed by atoms with Gasteiger partial charge in [-0.1, -0.05) is 17.7 Å². The predicted molar refractivity (Wildman–Crippen MR) is 99.5 cm³/mol. The Hall–Kier alpha value is -2.28. The van der Waals surface area contributed by atoms with Crippen LogP contribution in [-0.2, 0) is 13.1 Å². The van der Waals surface area contributed by atoms with Crippen molar-refractivity contribution in [1.82, 2.24) is 30.2 Å². The van der Waals surface area contributed by atoms with Gasteiger partial charge in [0, 0.05) is 31.4 Å². The van der Waals surface area contributed by atoms with Gasteiger partial charge in [-0.25, -0.2) is 0 Å². The Morgan fingerprint density at radius 2 is 2.23 bits per heavy atom. The van der Waals surface area contributed by atoms with Crippen LogP contribution in [0.4, 0.5) is 0 Å². The molecule has 1 N–H and O–H groups in total. The normalized spacial score (nSPS) is 18.2. The Bertz CT molecular complexity index is 699. The molecule has 26 heavy (non-hydrogen) atoms. The summed E-state index contributed by atoms with van der Waals surface area (Å²) in [4.78, 5) is 19.0. The van der Waals surface area contributed by atoms with Crippen molar-refractivity contribution in [2.45, 2.75) is 64.7 Å². The summed E-state index contributed by atoms with van der Waals surface area (Å²) in [6.07, 6.45) is 8.30. The van der Waals surface area contributed by atoms with Crippen molar-refractivity contribution in [3.05, 3.63) is 42.0 Å². The first-order valence-corrected chi connectivity index (χ1v) is 9.47. The monoisotopic (exact) mass is 356 g/mol. The molecule has 0 saturated carbocycles. The number of nitrogens with zero attached hydrogens (tertiary/aromatic N) is 5. The van der Waals surface area contributed by atoms with Gasteiger partial charge in [0.15, 0.2) is 5.69 Å². The van der Waals surface area contributed by atoms with E-state index in [4.69, 9.17) is 0 Å². The van der Waals surface area contributed by atoms with E-state index in [0.717, 1.165) is 31.7 Å². The van der Waals surface area contributed by atoms with Gasteiger partial charge in [0.1, 0.15) is 0 Å². The number of hydrogen-bond acceptors (Lipinski definition) is 5. The van der Waals surface area contributed by atoms with Gasteiger partial charge in [-0.15, -0.1) is 5.10 Å². The molecule has 0 bridgehead atoms. The summed E-state index contributed by atoms with van der Waals surface area (Å²) in [6.45, 7) is 6.64. The summed E-state index contributed by atoms with van der Waals surface area (Å²) in [5.41, 5.74) is 1.50. The van der Waals surface area contributed by atoms with Crippen molar-refractivity contribution in [3.63, 3.8) is 0 Å². The fourth-order valence-electron chi connectivity index (χ4n) is 3.42. The van der Waals surface area contributed by atoms with Crippen LogP contribution in [0.2, 0.25) is 0 Å². The first-order chi connectivity index (χ1) is 12.6. The Balaban J connectivity index is 1.55. The summed E-state index contributed by atoms with van der Waals surface area (Å²) in [6, 6.07) is 6.69. The summed E-state index contributed by atoms with van der Waals surface area (Å²) >= 11 is 0. The number of likely N-dealkylation sites (tertiary alicyclic amines) is 1. The van der Waals surface area contributed by atoms with E-state index in [1.54, 1.807) is 10.9 Å². The van der Waals surface area contributed by atoms with Gasteiger partial charge in [-0.3, -0.25) is 19.4 Å². The van der Waals surface area contributed by atoms with Gasteiger partial charge in [-0.2, -0.15) is 0 Å². The molecular weight excluding hydrogens is 328 g/mol. The van der Waals surface area contributed by atoms with E-state index in [-0.39, 0.29) is 11.9 Å². The average Bonchev–Trinajstić information content (AvgIpc) is 3.10. The van der Waals surface area contributed by atoms with E-state index in [9.17, 15) is 4.79 Å². The van der Waals surface area contributed by atoms with Gasteiger partial charge in [0.25, 0.3) is 5.91 Å². The zero-order valence-corrected chi connectivity index (χ0v) is 15.6. The molecule has 140 valence electrons. The van der Waals surface area contributed by atoms with Crippen LogP contribution in [-0.4, -0.2) is 49.4 Å². The molecule has 1 fully saturated rings. The van der Waals surface area contributed by atoms with E-state index < -0.39 is 0 Å². The third-order valence-electron chi connectivity index (χ3n) is 4.72. The minimum absolute atomic E-state index is 0.0926. The second kappa shape index (κ2) is 8.89. The van der Waals surface area contributed by atoms with Crippen molar-refractivity contribution in [3.8, 4) is 0 Å². The number of aryl methyl sites for hydroxylation is 1. The topological polar surface area (TPSA) is 75.9 Å². The number of aromatic nitrogens is 4. The summed E-state index contributed by atoms with van der Waals surface area (Å²) in [7, 11) is 0. The second-order valence-corrected chi connectivity index (χ2v) is 7.22. The molecule has 1 amide bonds. The lowest BCUT2D eigenvalue weighted by molar-refractivity contribution is 0.0938. The zero-order valence-electron chi connectivity index (χ0n) is 15.6. The fourth-order valence-corrected chi connectivity index (χ4v) is 3.42. The Morgan fingerprint density at radius 3 is 3.00 bits per heavy atom. The minimum atomic E-state index is -0.166. The zero-order chi connectivity index (χ0) is 18.4. The van der Waals surface area contributed by atoms with Crippen LogP contribution < -0.4 is 5.32 Å². The van der Waals surface area contributed by atoms with Crippen molar-refractivity contribution in [2.75, 3.05) is 6.54 Å². The van der Waals surface area contributed by atoms with Crippen molar-refractivity contribution in [2.24, 2.45) is 0 Å². The summed E-state index contributed by atoms with van der Waals surface area (Å²) < 4.78 is 1.78. The molecule has 1 unspecified atom stereocenters. The number of piperidine rings is 1. The van der Waals surface area contributed by atoms with Crippen LogP contribution in [0.15, 0.2) is 30.6 Å². The highest BCUT2D eigenvalue weighted by Gasteiger charge is 2.23. The number of rotatable bonds is 7. The molecule has 0 spiro atoms. The SMILES string of the molecule is CC(C)NC(=O)c1cn(CCC2CCCCN2Cc2ccccn2)nn1. The molecule has 7 nitrogen and oxygen atoms in total.